The highest BCUT2D eigenvalue weighted by atomic mass is 32.2. The van der Waals surface area contributed by atoms with E-state index in [0.717, 1.165) is 22.7 Å². The van der Waals surface area contributed by atoms with Crippen molar-refractivity contribution >= 4 is 49.0 Å². The molecular weight excluding hydrogens is 442 g/mol. The number of nitro groups is 1. The van der Waals surface area contributed by atoms with Crippen molar-refractivity contribution in [3.63, 3.8) is 0 Å². The molecule has 2 heterocycles. The highest BCUT2D eigenvalue weighted by Crippen LogP contribution is 2.29. The first-order chi connectivity index (χ1) is 15.9. The lowest BCUT2D eigenvalue weighted by Crippen LogP contribution is -2.11. The summed E-state index contributed by atoms with van der Waals surface area (Å²) in [5.74, 6) is -0.173. The van der Waals surface area contributed by atoms with E-state index >= 15 is 0 Å². The van der Waals surface area contributed by atoms with Crippen LogP contribution < -0.4 is 5.32 Å². The zero-order chi connectivity index (χ0) is 23.0. The van der Waals surface area contributed by atoms with E-state index in [0.29, 0.717) is 16.9 Å². The van der Waals surface area contributed by atoms with Crippen LogP contribution in [-0.4, -0.2) is 28.3 Å². The molecule has 0 aliphatic rings. The van der Waals surface area contributed by atoms with E-state index in [1.54, 1.807) is 18.2 Å². The van der Waals surface area contributed by atoms with E-state index in [1.807, 2.05) is 36.5 Å². The summed E-state index contributed by atoms with van der Waals surface area (Å²) in [5.41, 5.74) is 2.74. The molecule has 9 nitrogen and oxygen atoms in total. The van der Waals surface area contributed by atoms with E-state index in [4.69, 9.17) is 0 Å². The Balaban J connectivity index is 1.60. The highest BCUT2D eigenvalue weighted by Gasteiger charge is 2.22. The van der Waals surface area contributed by atoms with E-state index in [2.05, 4.69) is 20.3 Å². The average molecular weight is 459 g/mol. The fourth-order valence-corrected chi connectivity index (χ4v) is 4.93. The Kier molecular flexibility index (Phi) is 4.98. The van der Waals surface area contributed by atoms with Crippen LogP contribution in [0, 0.1) is 10.1 Å². The molecule has 2 N–H and O–H groups in total. The number of anilines is 2. The standard InChI is InChI=1S/C23H17N5O4S/c29-28(30)15-5-3-6-16(13-15)33(31,32)14-22-23(27-21-8-2-1-7-20(21)25-22)26-19-10-4-9-18-17(19)11-12-24-18/h1-13,24H,14H2,(H,26,27). The predicted molar refractivity (Wildman–Crippen MR) is 125 cm³/mol. The fourth-order valence-electron chi connectivity index (χ4n) is 3.61. The number of benzene rings is 3. The molecule has 0 fully saturated rings. The molecule has 164 valence electrons. The summed E-state index contributed by atoms with van der Waals surface area (Å²) in [6.07, 6.45) is 1.82. The molecule has 0 aliphatic carbocycles. The SMILES string of the molecule is O=[N+]([O-])c1cccc(S(=O)(=O)Cc2nc3ccccc3nc2Nc2cccc3[nH]ccc23)c1. The molecule has 5 aromatic rings. The van der Waals surface area contributed by atoms with Crippen LogP contribution in [0.1, 0.15) is 5.69 Å². The molecule has 2 aromatic heterocycles. The van der Waals surface area contributed by atoms with Crippen molar-refractivity contribution in [2.45, 2.75) is 10.6 Å². The van der Waals surface area contributed by atoms with Gasteiger partial charge in [-0.15, -0.1) is 0 Å². The van der Waals surface area contributed by atoms with Crippen molar-refractivity contribution in [3.8, 4) is 0 Å². The number of fused-ring (bicyclic) bond motifs is 2. The van der Waals surface area contributed by atoms with Crippen molar-refractivity contribution in [1.82, 2.24) is 15.0 Å². The van der Waals surface area contributed by atoms with Crippen LogP contribution in [0.15, 0.2) is 83.9 Å². The first kappa shape index (κ1) is 20.6. The normalized spacial score (nSPS) is 11.6. The maximum atomic E-state index is 13.2. The van der Waals surface area contributed by atoms with Crippen LogP contribution in [0.5, 0.6) is 0 Å². The monoisotopic (exact) mass is 459 g/mol. The molecule has 33 heavy (non-hydrogen) atoms. The molecule has 0 amide bonds. The Morgan fingerprint density at radius 1 is 0.939 bits per heavy atom. The van der Waals surface area contributed by atoms with E-state index in [1.165, 1.54) is 18.2 Å². The largest absolute Gasteiger partial charge is 0.361 e. The predicted octanol–water partition coefficient (Wildman–Crippen LogP) is 4.74. The summed E-state index contributed by atoms with van der Waals surface area (Å²) in [7, 11) is -3.94. The number of nitro benzene ring substituents is 1. The molecule has 0 spiro atoms. The summed E-state index contributed by atoms with van der Waals surface area (Å²) in [4.78, 5) is 22.7. The van der Waals surface area contributed by atoms with E-state index in [9.17, 15) is 18.5 Å². The number of para-hydroxylation sites is 2. The smallest absolute Gasteiger partial charge is 0.270 e. The molecule has 0 saturated carbocycles. The van der Waals surface area contributed by atoms with Gasteiger partial charge in [0.1, 0.15) is 5.75 Å². The van der Waals surface area contributed by atoms with Gasteiger partial charge < -0.3 is 10.3 Å². The lowest BCUT2D eigenvalue weighted by atomic mass is 10.2. The lowest BCUT2D eigenvalue weighted by Gasteiger charge is -2.13. The summed E-state index contributed by atoms with van der Waals surface area (Å²) in [6.45, 7) is 0. The Bertz CT molecular complexity index is 1630. The van der Waals surface area contributed by atoms with Crippen molar-refractivity contribution < 1.29 is 13.3 Å². The molecule has 0 atom stereocenters. The minimum absolute atomic E-state index is 0.148. The third kappa shape index (κ3) is 3.99. The van der Waals surface area contributed by atoms with Crippen molar-refractivity contribution in [2.24, 2.45) is 0 Å². The number of H-pyrrole nitrogens is 1. The molecule has 0 aliphatic heterocycles. The zero-order valence-corrected chi connectivity index (χ0v) is 17.9. The summed E-state index contributed by atoms with van der Waals surface area (Å²) < 4.78 is 26.3. The average Bonchev–Trinajstić information content (AvgIpc) is 3.29. The van der Waals surface area contributed by atoms with Crippen LogP contribution in [-0.2, 0) is 15.6 Å². The Hall–Kier alpha value is -4.31. The van der Waals surface area contributed by atoms with Crippen LogP contribution >= 0.6 is 0 Å². The number of nitrogens with zero attached hydrogens (tertiary/aromatic N) is 3. The fraction of sp³-hybridized carbons (Fsp3) is 0.0435. The summed E-state index contributed by atoms with van der Waals surface area (Å²) in [6, 6.07) is 19.7. The van der Waals surface area contributed by atoms with Crippen molar-refractivity contribution in [1.29, 1.82) is 0 Å². The van der Waals surface area contributed by atoms with Crippen LogP contribution in [0.2, 0.25) is 0 Å². The molecule has 10 heteroatoms. The molecular formula is C23H17N5O4S. The number of aromatic amines is 1. The van der Waals surface area contributed by atoms with Crippen molar-refractivity contribution in [2.75, 3.05) is 5.32 Å². The zero-order valence-electron chi connectivity index (χ0n) is 17.1. The first-order valence-electron chi connectivity index (χ1n) is 9.97. The lowest BCUT2D eigenvalue weighted by molar-refractivity contribution is -0.385. The summed E-state index contributed by atoms with van der Waals surface area (Å²) in [5, 5.41) is 15.3. The molecule has 0 saturated heterocycles. The number of hydrogen-bond donors (Lipinski definition) is 2. The van der Waals surface area contributed by atoms with Gasteiger partial charge in [-0.2, -0.15) is 0 Å². The number of hydrogen-bond acceptors (Lipinski definition) is 7. The van der Waals surface area contributed by atoms with E-state index < -0.39 is 20.5 Å². The number of non-ortho nitro benzene ring substituents is 1. The first-order valence-corrected chi connectivity index (χ1v) is 11.6. The van der Waals surface area contributed by atoms with E-state index in [-0.39, 0.29) is 16.3 Å². The number of rotatable bonds is 6. The van der Waals surface area contributed by atoms with Crippen LogP contribution in [0.3, 0.4) is 0 Å². The summed E-state index contributed by atoms with van der Waals surface area (Å²) >= 11 is 0. The van der Waals surface area contributed by atoms with Crippen molar-refractivity contribution in [3.05, 3.63) is 94.8 Å². The minimum atomic E-state index is -3.94. The third-order valence-electron chi connectivity index (χ3n) is 5.21. The van der Waals surface area contributed by atoms with Gasteiger partial charge >= 0.3 is 0 Å². The molecule has 0 unspecified atom stereocenters. The topological polar surface area (TPSA) is 131 Å². The van der Waals surface area contributed by atoms with Gasteiger partial charge in [-0.05, 0) is 36.4 Å². The maximum Gasteiger partial charge on any atom is 0.270 e. The van der Waals surface area contributed by atoms with Gasteiger partial charge in [-0.25, -0.2) is 18.4 Å². The molecule has 0 radical (unpaired) electrons. The minimum Gasteiger partial charge on any atom is -0.361 e. The van der Waals surface area contributed by atoms with Gasteiger partial charge in [0.05, 0.1) is 26.5 Å². The van der Waals surface area contributed by atoms with Crippen LogP contribution in [0.4, 0.5) is 17.2 Å². The van der Waals surface area contributed by atoms with Gasteiger partial charge in [0.2, 0.25) is 0 Å². The second kappa shape index (κ2) is 7.99. The maximum absolute atomic E-state index is 13.2. The second-order valence-electron chi connectivity index (χ2n) is 7.39. The van der Waals surface area contributed by atoms with Gasteiger partial charge in [0, 0.05) is 34.9 Å². The Labute approximate surface area is 188 Å². The Morgan fingerprint density at radius 2 is 1.70 bits per heavy atom. The van der Waals surface area contributed by atoms with Gasteiger partial charge in [0.15, 0.2) is 15.7 Å². The molecule has 5 rings (SSSR count). The van der Waals surface area contributed by atoms with Gasteiger partial charge in [-0.1, -0.05) is 24.3 Å². The quantitative estimate of drug-likeness (QED) is 0.277. The second-order valence-corrected chi connectivity index (χ2v) is 9.38. The van der Waals surface area contributed by atoms with Gasteiger partial charge in [-0.3, -0.25) is 10.1 Å². The number of nitrogens with one attached hydrogen (secondary N) is 2. The number of aromatic nitrogens is 3. The van der Waals surface area contributed by atoms with Crippen LogP contribution in [0.25, 0.3) is 21.9 Å². The molecule has 0 bridgehead atoms. The Morgan fingerprint density at radius 3 is 2.48 bits per heavy atom. The highest BCUT2D eigenvalue weighted by molar-refractivity contribution is 7.90. The molecule has 3 aromatic carbocycles. The third-order valence-corrected chi connectivity index (χ3v) is 6.83. The van der Waals surface area contributed by atoms with Gasteiger partial charge in [0.25, 0.3) is 5.69 Å². The number of sulfone groups is 1.